The minimum Gasteiger partial charge on any atom is -0.255 e. The lowest BCUT2D eigenvalue weighted by Crippen LogP contribution is -1.84. The van der Waals surface area contributed by atoms with Crippen molar-refractivity contribution in [3.8, 4) is 10.6 Å². The molecular formula is C14H11NS. The maximum absolute atomic E-state index is 4.52. The van der Waals surface area contributed by atoms with Crippen LogP contribution in [0.25, 0.3) is 21.3 Å². The van der Waals surface area contributed by atoms with Crippen LogP contribution < -0.4 is 0 Å². The van der Waals surface area contributed by atoms with Crippen LogP contribution in [0.3, 0.4) is 0 Å². The zero-order valence-corrected chi connectivity index (χ0v) is 9.79. The first-order valence-electron chi connectivity index (χ1n) is 5.24. The first-order valence-corrected chi connectivity index (χ1v) is 6.12. The predicted molar refractivity (Wildman–Crippen MR) is 69.8 cm³/mol. The number of thiophene rings is 1. The van der Waals surface area contributed by atoms with Crippen molar-refractivity contribution in [2.75, 3.05) is 0 Å². The van der Waals surface area contributed by atoms with Crippen molar-refractivity contribution in [2.24, 2.45) is 0 Å². The van der Waals surface area contributed by atoms with Crippen molar-refractivity contribution in [1.82, 2.24) is 4.98 Å². The van der Waals surface area contributed by atoms with Crippen LogP contribution >= 0.6 is 11.3 Å². The summed E-state index contributed by atoms with van der Waals surface area (Å²) in [6, 6.07) is 12.6. The molecule has 1 aromatic carbocycles. The number of rotatable bonds is 1. The zero-order chi connectivity index (χ0) is 11.0. The SMILES string of the molecule is Cc1ccsc1-c1nccc2ccccc12. The third kappa shape index (κ3) is 1.42. The highest BCUT2D eigenvalue weighted by Gasteiger charge is 2.08. The van der Waals surface area contributed by atoms with Crippen LogP contribution in [0.1, 0.15) is 5.56 Å². The van der Waals surface area contributed by atoms with Gasteiger partial charge in [-0.25, -0.2) is 0 Å². The molecule has 0 aliphatic carbocycles. The lowest BCUT2D eigenvalue weighted by Gasteiger charge is -2.04. The third-order valence-electron chi connectivity index (χ3n) is 2.75. The molecule has 0 saturated heterocycles. The Morgan fingerprint density at radius 2 is 1.94 bits per heavy atom. The molecule has 0 aliphatic rings. The van der Waals surface area contributed by atoms with E-state index in [1.165, 1.54) is 21.2 Å². The van der Waals surface area contributed by atoms with E-state index in [0.29, 0.717) is 0 Å². The van der Waals surface area contributed by atoms with Crippen LogP contribution in [-0.2, 0) is 0 Å². The summed E-state index contributed by atoms with van der Waals surface area (Å²) >= 11 is 1.75. The Labute approximate surface area is 98.4 Å². The van der Waals surface area contributed by atoms with Crippen molar-refractivity contribution in [3.63, 3.8) is 0 Å². The van der Waals surface area contributed by atoms with Crippen LogP contribution in [0.4, 0.5) is 0 Å². The summed E-state index contributed by atoms with van der Waals surface area (Å²) in [5.41, 5.74) is 2.40. The van der Waals surface area contributed by atoms with E-state index in [1.807, 2.05) is 6.20 Å². The molecule has 2 heteroatoms. The second-order valence-corrected chi connectivity index (χ2v) is 4.73. The van der Waals surface area contributed by atoms with E-state index < -0.39 is 0 Å². The van der Waals surface area contributed by atoms with Gasteiger partial charge in [-0.1, -0.05) is 24.3 Å². The molecule has 0 radical (unpaired) electrons. The summed E-state index contributed by atoms with van der Waals surface area (Å²) in [7, 11) is 0. The standard InChI is InChI=1S/C14H11NS/c1-10-7-9-16-14(10)13-12-5-3-2-4-11(12)6-8-15-13/h2-9H,1H3. The second kappa shape index (κ2) is 3.72. The molecule has 0 spiro atoms. The van der Waals surface area contributed by atoms with Crippen molar-refractivity contribution in [3.05, 3.63) is 53.5 Å². The normalized spacial score (nSPS) is 10.8. The molecule has 0 fully saturated rings. The quantitative estimate of drug-likeness (QED) is 0.602. The van der Waals surface area contributed by atoms with E-state index in [4.69, 9.17) is 0 Å². The van der Waals surface area contributed by atoms with Gasteiger partial charge in [-0.15, -0.1) is 11.3 Å². The molecule has 0 bridgehead atoms. The van der Waals surface area contributed by atoms with Gasteiger partial charge in [0.25, 0.3) is 0 Å². The number of pyridine rings is 1. The van der Waals surface area contributed by atoms with Crippen molar-refractivity contribution < 1.29 is 0 Å². The van der Waals surface area contributed by atoms with E-state index in [0.717, 1.165) is 5.69 Å². The van der Waals surface area contributed by atoms with Gasteiger partial charge in [-0.2, -0.15) is 0 Å². The molecule has 2 heterocycles. The van der Waals surface area contributed by atoms with Crippen LogP contribution in [0, 0.1) is 6.92 Å². The molecule has 0 aliphatic heterocycles. The summed E-state index contributed by atoms with van der Waals surface area (Å²) in [4.78, 5) is 5.80. The molecule has 2 aromatic heterocycles. The Morgan fingerprint density at radius 3 is 2.75 bits per heavy atom. The predicted octanol–water partition coefficient (Wildman–Crippen LogP) is 4.27. The fourth-order valence-corrected chi connectivity index (χ4v) is 2.85. The number of nitrogens with zero attached hydrogens (tertiary/aromatic N) is 1. The van der Waals surface area contributed by atoms with Crippen molar-refractivity contribution in [1.29, 1.82) is 0 Å². The van der Waals surface area contributed by atoms with Gasteiger partial charge in [0, 0.05) is 11.6 Å². The maximum atomic E-state index is 4.52. The second-order valence-electron chi connectivity index (χ2n) is 3.81. The molecule has 78 valence electrons. The van der Waals surface area contributed by atoms with Gasteiger partial charge in [0.2, 0.25) is 0 Å². The number of aryl methyl sites for hydroxylation is 1. The van der Waals surface area contributed by atoms with Gasteiger partial charge >= 0.3 is 0 Å². The largest absolute Gasteiger partial charge is 0.255 e. The maximum Gasteiger partial charge on any atom is 0.0882 e. The lowest BCUT2D eigenvalue weighted by atomic mass is 10.1. The van der Waals surface area contributed by atoms with E-state index in [1.54, 1.807) is 11.3 Å². The smallest absolute Gasteiger partial charge is 0.0882 e. The number of hydrogen-bond donors (Lipinski definition) is 0. The minimum absolute atomic E-state index is 1.10. The third-order valence-corrected chi connectivity index (χ3v) is 3.77. The zero-order valence-electron chi connectivity index (χ0n) is 8.97. The van der Waals surface area contributed by atoms with Gasteiger partial charge in [0.05, 0.1) is 10.6 Å². The minimum atomic E-state index is 1.10. The summed E-state index contributed by atoms with van der Waals surface area (Å²) < 4.78 is 0. The highest BCUT2D eigenvalue weighted by molar-refractivity contribution is 7.13. The van der Waals surface area contributed by atoms with E-state index in [-0.39, 0.29) is 0 Å². The number of aromatic nitrogens is 1. The van der Waals surface area contributed by atoms with Crippen LogP contribution in [0.2, 0.25) is 0 Å². The van der Waals surface area contributed by atoms with Gasteiger partial charge in [0.1, 0.15) is 0 Å². The first kappa shape index (κ1) is 9.55. The first-order chi connectivity index (χ1) is 7.86. The average molecular weight is 225 g/mol. The van der Waals surface area contributed by atoms with Crippen molar-refractivity contribution >= 4 is 22.1 Å². The van der Waals surface area contributed by atoms with E-state index in [9.17, 15) is 0 Å². The van der Waals surface area contributed by atoms with Gasteiger partial charge in [0.15, 0.2) is 0 Å². The van der Waals surface area contributed by atoms with Gasteiger partial charge < -0.3 is 0 Å². The topological polar surface area (TPSA) is 12.9 Å². The summed E-state index contributed by atoms with van der Waals surface area (Å²) in [6.07, 6.45) is 1.89. The molecule has 0 saturated carbocycles. The molecule has 3 aromatic rings. The molecular weight excluding hydrogens is 214 g/mol. The highest BCUT2D eigenvalue weighted by Crippen LogP contribution is 2.32. The highest BCUT2D eigenvalue weighted by atomic mass is 32.1. The Balaban J connectivity index is 2.36. The van der Waals surface area contributed by atoms with Crippen LogP contribution in [-0.4, -0.2) is 4.98 Å². The Bertz CT molecular complexity index is 635. The Morgan fingerprint density at radius 1 is 1.06 bits per heavy atom. The van der Waals surface area contributed by atoms with Gasteiger partial charge in [-0.05, 0) is 35.4 Å². The molecule has 0 amide bonds. The number of hydrogen-bond acceptors (Lipinski definition) is 2. The molecule has 1 nitrogen and oxygen atoms in total. The van der Waals surface area contributed by atoms with Crippen molar-refractivity contribution in [2.45, 2.75) is 6.92 Å². The van der Waals surface area contributed by atoms with Crippen LogP contribution in [0.15, 0.2) is 48.0 Å². The van der Waals surface area contributed by atoms with Gasteiger partial charge in [-0.3, -0.25) is 4.98 Å². The fourth-order valence-electron chi connectivity index (χ4n) is 1.92. The monoisotopic (exact) mass is 225 g/mol. The fraction of sp³-hybridized carbons (Fsp3) is 0.0714. The molecule has 3 rings (SSSR count). The Hall–Kier alpha value is -1.67. The lowest BCUT2D eigenvalue weighted by molar-refractivity contribution is 1.36. The van der Waals surface area contributed by atoms with E-state index in [2.05, 4.69) is 53.7 Å². The Kier molecular flexibility index (Phi) is 2.22. The molecule has 0 atom stereocenters. The van der Waals surface area contributed by atoms with Crippen LogP contribution in [0.5, 0.6) is 0 Å². The van der Waals surface area contributed by atoms with E-state index >= 15 is 0 Å². The average Bonchev–Trinajstić information content (AvgIpc) is 2.75. The number of benzene rings is 1. The summed E-state index contributed by atoms with van der Waals surface area (Å²) in [6.45, 7) is 2.13. The summed E-state index contributed by atoms with van der Waals surface area (Å²) in [5, 5.41) is 4.60. The summed E-state index contributed by atoms with van der Waals surface area (Å²) in [5.74, 6) is 0. The molecule has 0 N–H and O–H groups in total. The number of fused-ring (bicyclic) bond motifs is 1. The molecule has 0 unspecified atom stereocenters. The molecule has 16 heavy (non-hydrogen) atoms.